The quantitative estimate of drug-likeness (QED) is 0.650. The van der Waals surface area contributed by atoms with Gasteiger partial charge in [0.25, 0.3) is 0 Å². The van der Waals surface area contributed by atoms with E-state index in [1.807, 2.05) is 35.3 Å². The molecule has 6 heteroatoms. The highest BCUT2D eigenvalue weighted by atomic mass is 16.5. The molecule has 150 valence electrons. The molecule has 0 bridgehead atoms. The molecule has 0 radical (unpaired) electrons. The number of rotatable bonds is 7. The van der Waals surface area contributed by atoms with E-state index in [1.54, 1.807) is 6.20 Å². The first-order valence-electron chi connectivity index (χ1n) is 9.99. The van der Waals surface area contributed by atoms with Gasteiger partial charge in [0.1, 0.15) is 6.10 Å². The van der Waals surface area contributed by atoms with Crippen molar-refractivity contribution in [3.8, 4) is 11.1 Å². The Morgan fingerprint density at radius 1 is 1.17 bits per heavy atom. The normalized spacial score (nSPS) is 18.7. The molecule has 29 heavy (non-hydrogen) atoms. The summed E-state index contributed by atoms with van der Waals surface area (Å²) < 4.78 is 7.73. The molecule has 1 saturated heterocycles. The Morgan fingerprint density at radius 3 is 2.72 bits per heavy atom. The first kappa shape index (κ1) is 19.4. The van der Waals surface area contributed by atoms with Crippen molar-refractivity contribution in [1.29, 1.82) is 0 Å². The molecule has 3 aromatic rings. The fourth-order valence-electron chi connectivity index (χ4n) is 3.71. The number of imidazole rings is 1. The Hall–Kier alpha value is -2.96. The summed E-state index contributed by atoms with van der Waals surface area (Å²) in [6.45, 7) is 1.73. The number of nitrogens with two attached hydrogens (primary N) is 1. The van der Waals surface area contributed by atoms with Gasteiger partial charge in [0.15, 0.2) is 0 Å². The van der Waals surface area contributed by atoms with Gasteiger partial charge in [-0.3, -0.25) is 4.79 Å². The van der Waals surface area contributed by atoms with Crippen LogP contribution in [0.4, 0.5) is 0 Å². The van der Waals surface area contributed by atoms with Crippen molar-refractivity contribution in [2.24, 2.45) is 5.73 Å². The van der Waals surface area contributed by atoms with Crippen molar-refractivity contribution in [3.05, 3.63) is 78.4 Å². The predicted octanol–water partition coefficient (Wildman–Crippen LogP) is 2.72. The van der Waals surface area contributed by atoms with Crippen LogP contribution in [0.1, 0.15) is 24.0 Å². The molecule has 3 N–H and O–H groups in total. The molecule has 6 nitrogen and oxygen atoms in total. The largest absolute Gasteiger partial charge is 0.364 e. The topological polar surface area (TPSA) is 82.2 Å². The van der Waals surface area contributed by atoms with Crippen LogP contribution in [-0.4, -0.2) is 34.2 Å². The van der Waals surface area contributed by atoms with Crippen LogP contribution in [-0.2, 0) is 22.6 Å². The lowest BCUT2D eigenvalue weighted by molar-refractivity contribution is -0.132. The minimum atomic E-state index is -0.391. The lowest BCUT2D eigenvalue weighted by Gasteiger charge is -2.15. The SMILES string of the molecule is NC[C@H]1CC[C@@H](C(=O)NCc2ccccc2-c2ccc(Cn3ccnc3)cc2)O1. The Labute approximate surface area is 170 Å². The molecule has 0 saturated carbocycles. The van der Waals surface area contributed by atoms with Crippen molar-refractivity contribution >= 4 is 5.91 Å². The molecule has 1 aliphatic rings. The first-order chi connectivity index (χ1) is 14.2. The number of aromatic nitrogens is 2. The van der Waals surface area contributed by atoms with Gasteiger partial charge in [0, 0.05) is 32.0 Å². The van der Waals surface area contributed by atoms with E-state index in [0.717, 1.165) is 36.1 Å². The monoisotopic (exact) mass is 390 g/mol. The van der Waals surface area contributed by atoms with Gasteiger partial charge >= 0.3 is 0 Å². The van der Waals surface area contributed by atoms with E-state index in [-0.39, 0.29) is 12.0 Å². The molecule has 0 unspecified atom stereocenters. The average Bonchev–Trinajstić information content (AvgIpc) is 3.45. The van der Waals surface area contributed by atoms with Gasteiger partial charge in [-0.2, -0.15) is 0 Å². The Kier molecular flexibility index (Phi) is 6.03. The zero-order valence-corrected chi connectivity index (χ0v) is 16.3. The second kappa shape index (κ2) is 9.03. The van der Waals surface area contributed by atoms with E-state index in [2.05, 4.69) is 40.6 Å². The molecule has 1 aromatic heterocycles. The lowest BCUT2D eigenvalue weighted by Crippen LogP contribution is -2.35. The van der Waals surface area contributed by atoms with Gasteiger partial charge < -0.3 is 20.4 Å². The van der Waals surface area contributed by atoms with Crippen LogP contribution in [0.15, 0.2) is 67.3 Å². The molecule has 1 aliphatic heterocycles. The summed E-state index contributed by atoms with van der Waals surface area (Å²) in [7, 11) is 0. The third-order valence-electron chi connectivity index (χ3n) is 5.32. The molecule has 0 spiro atoms. The number of nitrogens with one attached hydrogen (secondary N) is 1. The first-order valence-corrected chi connectivity index (χ1v) is 9.99. The van der Waals surface area contributed by atoms with E-state index in [0.29, 0.717) is 13.1 Å². The number of hydrogen-bond acceptors (Lipinski definition) is 4. The Morgan fingerprint density at radius 2 is 2.00 bits per heavy atom. The summed E-state index contributed by atoms with van der Waals surface area (Å²) >= 11 is 0. The highest BCUT2D eigenvalue weighted by molar-refractivity contribution is 5.81. The summed E-state index contributed by atoms with van der Waals surface area (Å²) in [5.41, 5.74) is 10.2. The molecule has 0 aliphatic carbocycles. The molecule has 2 heterocycles. The summed E-state index contributed by atoms with van der Waals surface area (Å²) in [4.78, 5) is 16.5. The molecule has 2 atom stereocenters. The third kappa shape index (κ3) is 4.72. The van der Waals surface area contributed by atoms with Gasteiger partial charge in [-0.05, 0) is 35.1 Å². The van der Waals surface area contributed by atoms with E-state index < -0.39 is 6.10 Å². The Balaban J connectivity index is 1.42. The standard InChI is InChI=1S/C23H26N4O2/c24-13-20-9-10-22(29-20)23(28)26-14-19-3-1-2-4-21(19)18-7-5-17(6-8-18)15-27-12-11-25-16-27/h1-8,11-12,16,20,22H,9-10,13-15,24H2,(H,26,28)/t20-,22+/m1/s1. The second-order valence-corrected chi connectivity index (χ2v) is 7.37. The van der Waals surface area contributed by atoms with E-state index in [1.165, 1.54) is 5.56 Å². The highest BCUT2D eigenvalue weighted by Gasteiger charge is 2.29. The maximum atomic E-state index is 12.4. The van der Waals surface area contributed by atoms with Crippen LogP contribution in [0.25, 0.3) is 11.1 Å². The summed E-state index contributed by atoms with van der Waals surface area (Å²) in [6, 6.07) is 16.7. The van der Waals surface area contributed by atoms with E-state index >= 15 is 0 Å². The van der Waals surface area contributed by atoms with Crippen LogP contribution in [0.5, 0.6) is 0 Å². The fraction of sp³-hybridized carbons (Fsp3) is 0.304. The van der Waals surface area contributed by atoms with Crippen LogP contribution in [0, 0.1) is 0 Å². The minimum Gasteiger partial charge on any atom is -0.364 e. The highest BCUT2D eigenvalue weighted by Crippen LogP contribution is 2.25. The van der Waals surface area contributed by atoms with Crippen molar-refractivity contribution < 1.29 is 9.53 Å². The molecular formula is C23H26N4O2. The summed E-state index contributed by atoms with van der Waals surface area (Å²) in [6.07, 6.45) is 6.73. The zero-order chi connectivity index (χ0) is 20.1. The third-order valence-corrected chi connectivity index (χ3v) is 5.32. The fourth-order valence-corrected chi connectivity index (χ4v) is 3.71. The molecule has 2 aromatic carbocycles. The minimum absolute atomic E-state index is 0.00104. The predicted molar refractivity (Wildman–Crippen MR) is 112 cm³/mol. The summed E-state index contributed by atoms with van der Waals surface area (Å²) in [5, 5.41) is 3.02. The van der Waals surface area contributed by atoms with Crippen LogP contribution in [0.2, 0.25) is 0 Å². The smallest absolute Gasteiger partial charge is 0.249 e. The average molecular weight is 390 g/mol. The van der Waals surface area contributed by atoms with Gasteiger partial charge in [0.2, 0.25) is 5.91 Å². The van der Waals surface area contributed by atoms with Gasteiger partial charge in [-0.25, -0.2) is 4.98 Å². The number of carbonyl (C=O) groups excluding carboxylic acids is 1. The van der Waals surface area contributed by atoms with Gasteiger partial charge in [-0.15, -0.1) is 0 Å². The number of ether oxygens (including phenoxy) is 1. The van der Waals surface area contributed by atoms with Crippen molar-refractivity contribution in [2.75, 3.05) is 6.54 Å². The van der Waals surface area contributed by atoms with E-state index in [4.69, 9.17) is 10.5 Å². The summed E-state index contributed by atoms with van der Waals surface area (Å²) in [5.74, 6) is -0.0635. The van der Waals surface area contributed by atoms with Gasteiger partial charge in [0.05, 0.1) is 12.4 Å². The second-order valence-electron chi connectivity index (χ2n) is 7.37. The van der Waals surface area contributed by atoms with Crippen molar-refractivity contribution in [1.82, 2.24) is 14.9 Å². The number of benzene rings is 2. The molecule has 1 fully saturated rings. The molecule has 4 rings (SSSR count). The number of nitrogens with zero attached hydrogens (tertiary/aromatic N) is 2. The molecular weight excluding hydrogens is 364 g/mol. The van der Waals surface area contributed by atoms with Gasteiger partial charge in [-0.1, -0.05) is 48.5 Å². The van der Waals surface area contributed by atoms with Crippen LogP contribution in [0.3, 0.4) is 0 Å². The van der Waals surface area contributed by atoms with Crippen LogP contribution < -0.4 is 11.1 Å². The van der Waals surface area contributed by atoms with Crippen LogP contribution >= 0.6 is 0 Å². The number of hydrogen-bond donors (Lipinski definition) is 2. The Bertz CT molecular complexity index is 938. The van der Waals surface area contributed by atoms with Crippen molar-refractivity contribution in [2.45, 2.75) is 38.1 Å². The molecule has 1 amide bonds. The lowest BCUT2D eigenvalue weighted by atomic mass is 9.98. The van der Waals surface area contributed by atoms with E-state index in [9.17, 15) is 4.79 Å². The zero-order valence-electron chi connectivity index (χ0n) is 16.3. The maximum absolute atomic E-state index is 12.4. The van der Waals surface area contributed by atoms with Crippen molar-refractivity contribution in [3.63, 3.8) is 0 Å². The number of amides is 1. The maximum Gasteiger partial charge on any atom is 0.249 e. The number of carbonyl (C=O) groups is 1.